The second-order valence-corrected chi connectivity index (χ2v) is 5.24. The largest absolute Gasteiger partial charge is 0.478 e. The summed E-state index contributed by atoms with van der Waals surface area (Å²) in [6.07, 6.45) is 1.44. The Kier molecular flexibility index (Phi) is 4.06. The van der Waals surface area contributed by atoms with Gasteiger partial charge < -0.3 is 15.2 Å². The lowest BCUT2D eigenvalue weighted by Gasteiger charge is -2.18. The van der Waals surface area contributed by atoms with E-state index in [0.717, 1.165) is 11.1 Å². The molecule has 2 N–H and O–H groups in total. The summed E-state index contributed by atoms with van der Waals surface area (Å²) >= 11 is 0. The zero-order chi connectivity index (χ0) is 15.5. The van der Waals surface area contributed by atoms with Crippen molar-refractivity contribution in [3.8, 4) is 5.88 Å². The quantitative estimate of drug-likeness (QED) is 0.904. The van der Waals surface area contributed by atoms with E-state index >= 15 is 0 Å². The molecule has 1 aliphatic rings. The topological polar surface area (TPSA) is 71.5 Å². The van der Waals surface area contributed by atoms with E-state index in [1.807, 2.05) is 31.2 Å². The number of nitrogens with zero attached hydrogens (tertiary/aromatic N) is 1. The molecule has 5 nitrogen and oxygen atoms in total. The van der Waals surface area contributed by atoms with E-state index in [1.165, 1.54) is 6.20 Å². The lowest BCUT2D eigenvalue weighted by Crippen LogP contribution is -2.33. The molecular formula is C17H18N2O3. The molecule has 0 saturated carbocycles. The number of hydrogen-bond donors (Lipinski definition) is 2. The molecule has 0 aliphatic heterocycles. The van der Waals surface area contributed by atoms with Gasteiger partial charge in [-0.25, -0.2) is 4.98 Å². The molecule has 2 atom stereocenters. The van der Waals surface area contributed by atoms with E-state index in [4.69, 9.17) is 4.74 Å². The highest BCUT2D eigenvalue weighted by atomic mass is 16.5. The molecule has 1 amide bonds. The predicted octanol–water partition coefficient (Wildman–Crippen LogP) is 1.87. The van der Waals surface area contributed by atoms with Crippen LogP contribution >= 0.6 is 0 Å². The fraction of sp³-hybridized carbons (Fsp3) is 0.294. The summed E-state index contributed by atoms with van der Waals surface area (Å²) in [5.74, 6) is 0.238. The first-order chi connectivity index (χ1) is 10.7. The number of amides is 1. The average molecular weight is 298 g/mol. The first-order valence-electron chi connectivity index (χ1n) is 7.34. The minimum Gasteiger partial charge on any atom is -0.478 e. The zero-order valence-electron chi connectivity index (χ0n) is 12.3. The van der Waals surface area contributed by atoms with Gasteiger partial charge in [0.25, 0.3) is 5.91 Å². The number of rotatable bonds is 4. The van der Waals surface area contributed by atoms with Crippen molar-refractivity contribution in [3.63, 3.8) is 0 Å². The molecule has 0 spiro atoms. The Morgan fingerprint density at radius 3 is 2.91 bits per heavy atom. The van der Waals surface area contributed by atoms with Gasteiger partial charge in [0.15, 0.2) is 0 Å². The number of ether oxygens (including phenoxy) is 1. The van der Waals surface area contributed by atoms with Crippen molar-refractivity contribution in [1.82, 2.24) is 10.3 Å². The van der Waals surface area contributed by atoms with Gasteiger partial charge in [-0.1, -0.05) is 24.3 Å². The molecule has 0 fully saturated rings. The molecule has 1 aromatic heterocycles. The molecule has 1 aromatic carbocycles. The van der Waals surface area contributed by atoms with Crippen LogP contribution in [0.3, 0.4) is 0 Å². The van der Waals surface area contributed by atoms with Crippen molar-refractivity contribution in [3.05, 3.63) is 59.3 Å². The Labute approximate surface area is 129 Å². The molecular weight excluding hydrogens is 280 g/mol. The first-order valence-corrected chi connectivity index (χ1v) is 7.34. The number of nitrogens with one attached hydrogen (secondary N) is 1. The fourth-order valence-corrected chi connectivity index (χ4v) is 2.72. The van der Waals surface area contributed by atoms with Crippen LogP contribution in [0, 0.1) is 0 Å². The van der Waals surface area contributed by atoms with Crippen LogP contribution < -0.4 is 10.1 Å². The van der Waals surface area contributed by atoms with E-state index < -0.39 is 6.10 Å². The van der Waals surface area contributed by atoms with Crippen molar-refractivity contribution < 1.29 is 14.6 Å². The first kappa shape index (κ1) is 14.5. The van der Waals surface area contributed by atoms with Crippen LogP contribution in [-0.4, -0.2) is 28.7 Å². The fourth-order valence-electron chi connectivity index (χ4n) is 2.72. The molecule has 3 rings (SSSR count). The maximum absolute atomic E-state index is 12.3. The van der Waals surface area contributed by atoms with Gasteiger partial charge in [-0.05, 0) is 24.1 Å². The number of carbonyl (C=O) groups excluding carboxylic acids is 1. The van der Waals surface area contributed by atoms with E-state index in [2.05, 4.69) is 10.3 Å². The van der Waals surface area contributed by atoms with Gasteiger partial charge >= 0.3 is 0 Å². The summed E-state index contributed by atoms with van der Waals surface area (Å²) in [6.45, 7) is 2.41. The van der Waals surface area contributed by atoms with Crippen LogP contribution in [0.4, 0.5) is 0 Å². The number of carbonyl (C=O) groups is 1. The Bertz CT molecular complexity index is 670. The molecule has 5 heteroatoms. The summed E-state index contributed by atoms with van der Waals surface area (Å²) in [7, 11) is 0. The number of pyridine rings is 1. The Hall–Kier alpha value is -2.40. The zero-order valence-corrected chi connectivity index (χ0v) is 12.3. The Morgan fingerprint density at radius 1 is 1.36 bits per heavy atom. The van der Waals surface area contributed by atoms with Crippen LogP contribution in [0.5, 0.6) is 5.88 Å². The molecule has 22 heavy (non-hydrogen) atoms. The minimum atomic E-state index is -0.600. The number of aliphatic hydroxyl groups excluding tert-OH is 1. The molecule has 114 valence electrons. The highest BCUT2D eigenvalue weighted by molar-refractivity contribution is 5.94. The highest BCUT2D eigenvalue weighted by Gasteiger charge is 2.32. The third kappa shape index (κ3) is 2.80. The molecule has 1 heterocycles. The van der Waals surface area contributed by atoms with Gasteiger partial charge in [-0.3, -0.25) is 4.79 Å². The number of aromatic nitrogens is 1. The average Bonchev–Trinajstić information content (AvgIpc) is 2.84. The van der Waals surface area contributed by atoms with Gasteiger partial charge in [0, 0.05) is 18.7 Å². The monoisotopic (exact) mass is 298 g/mol. The van der Waals surface area contributed by atoms with E-state index in [1.54, 1.807) is 12.1 Å². The van der Waals surface area contributed by atoms with E-state index in [-0.39, 0.29) is 11.9 Å². The van der Waals surface area contributed by atoms with Crippen molar-refractivity contribution in [1.29, 1.82) is 0 Å². The molecule has 0 radical (unpaired) electrons. The van der Waals surface area contributed by atoms with Gasteiger partial charge in [-0.2, -0.15) is 0 Å². The molecule has 0 saturated heterocycles. The summed E-state index contributed by atoms with van der Waals surface area (Å²) < 4.78 is 5.25. The molecule has 2 unspecified atom stereocenters. The van der Waals surface area contributed by atoms with Gasteiger partial charge in [-0.15, -0.1) is 0 Å². The summed E-state index contributed by atoms with van der Waals surface area (Å²) in [5.41, 5.74) is 2.49. The summed E-state index contributed by atoms with van der Waals surface area (Å²) in [6, 6.07) is 10.7. The molecule has 1 aliphatic carbocycles. The maximum Gasteiger partial charge on any atom is 0.253 e. The third-order valence-corrected chi connectivity index (χ3v) is 3.78. The Morgan fingerprint density at radius 2 is 2.18 bits per heavy atom. The van der Waals surface area contributed by atoms with Crippen molar-refractivity contribution >= 4 is 5.91 Å². The van der Waals surface area contributed by atoms with Crippen molar-refractivity contribution in [2.24, 2.45) is 0 Å². The van der Waals surface area contributed by atoms with E-state index in [0.29, 0.717) is 24.5 Å². The van der Waals surface area contributed by atoms with Crippen LogP contribution in [0.2, 0.25) is 0 Å². The number of fused-ring (bicyclic) bond motifs is 1. The van der Waals surface area contributed by atoms with E-state index in [9.17, 15) is 9.90 Å². The lowest BCUT2D eigenvalue weighted by molar-refractivity contribution is 0.0857. The van der Waals surface area contributed by atoms with Crippen molar-refractivity contribution in [2.75, 3.05) is 6.61 Å². The van der Waals surface area contributed by atoms with Gasteiger partial charge in [0.1, 0.15) is 0 Å². The SMILES string of the molecule is CCOc1ccc(C(=O)NC2c3ccccc3CC2O)cn1. The normalized spacial score (nSPS) is 19.5. The smallest absolute Gasteiger partial charge is 0.253 e. The Balaban J connectivity index is 1.74. The van der Waals surface area contributed by atoms with Crippen LogP contribution in [0.25, 0.3) is 0 Å². The summed E-state index contributed by atoms with van der Waals surface area (Å²) in [4.78, 5) is 16.4. The van der Waals surface area contributed by atoms with Crippen LogP contribution in [0.1, 0.15) is 34.5 Å². The highest BCUT2D eigenvalue weighted by Crippen LogP contribution is 2.31. The second kappa shape index (κ2) is 6.15. The van der Waals surface area contributed by atoms with Gasteiger partial charge in [0.05, 0.1) is 24.3 Å². The third-order valence-electron chi connectivity index (χ3n) is 3.78. The standard InChI is InChI=1S/C17H18N2O3/c1-2-22-15-8-7-12(10-18-15)17(21)19-16-13-6-4-3-5-11(13)9-14(16)20/h3-8,10,14,16,20H,2,9H2,1H3,(H,19,21). The number of aliphatic hydroxyl groups is 1. The second-order valence-electron chi connectivity index (χ2n) is 5.24. The molecule has 0 bridgehead atoms. The summed E-state index contributed by atoms with van der Waals surface area (Å²) in [5, 5.41) is 13.1. The van der Waals surface area contributed by atoms with Crippen molar-refractivity contribution in [2.45, 2.75) is 25.5 Å². The number of hydrogen-bond acceptors (Lipinski definition) is 4. The number of benzene rings is 1. The van der Waals surface area contributed by atoms with Crippen LogP contribution in [0.15, 0.2) is 42.6 Å². The predicted molar refractivity (Wildman–Crippen MR) is 81.8 cm³/mol. The minimum absolute atomic E-state index is 0.253. The van der Waals surface area contributed by atoms with Gasteiger partial charge in [0.2, 0.25) is 5.88 Å². The molecule has 2 aromatic rings. The van der Waals surface area contributed by atoms with Crippen LogP contribution in [-0.2, 0) is 6.42 Å². The maximum atomic E-state index is 12.3. The lowest BCUT2D eigenvalue weighted by atomic mass is 10.1.